The molecule has 0 saturated heterocycles. The van der Waals surface area contributed by atoms with Gasteiger partial charge < -0.3 is 10.1 Å². The van der Waals surface area contributed by atoms with Gasteiger partial charge >= 0.3 is 5.97 Å². The van der Waals surface area contributed by atoms with Gasteiger partial charge in [0.1, 0.15) is 5.82 Å². The molecule has 0 aliphatic rings. The van der Waals surface area contributed by atoms with Crippen molar-refractivity contribution in [2.45, 2.75) is 27.2 Å². The number of hydrogen-bond acceptors (Lipinski definition) is 4. The van der Waals surface area contributed by atoms with Crippen LogP contribution in [0.5, 0.6) is 5.88 Å². The number of esters is 1. The van der Waals surface area contributed by atoms with Crippen LogP contribution < -0.4 is 10.1 Å². The maximum Gasteiger partial charge on any atom is 0.309 e. The fourth-order valence-electron chi connectivity index (χ4n) is 3.76. The molecule has 0 saturated carbocycles. The maximum atomic E-state index is 13.1. The van der Waals surface area contributed by atoms with Crippen LogP contribution in [0.2, 0.25) is 0 Å². The second kappa shape index (κ2) is 10.3. The van der Waals surface area contributed by atoms with Gasteiger partial charge in [0.25, 0.3) is 5.91 Å². The van der Waals surface area contributed by atoms with E-state index >= 15 is 0 Å². The molecule has 0 radical (unpaired) electrons. The Bertz CT molecular complexity index is 1330. The lowest BCUT2D eigenvalue weighted by atomic mass is 9.99. The van der Waals surface area contributed by atoms with E-state index in [9.17, 15) is 14.0 Å². The third-order valence-electron chi connectivity index (χ3n) is 5.30. The summed E-state index contributed by atoms with van der Waals surface area (Å²) in [5, 5.41) is 7.62. The van der Waals surface area contributed by atoms with E-state index in [1.807, 2.05) is 42.5 Å². The molecule has 0 fully saturated rings. The molecule has 1 amide bonds. The van der Waals surface area contributed by atoms with Crippen molar-refractivity contribution >= 4 is 17.6 Å². The topological polar surface area (TPSA) is 73.2 Å². The van der Waals surface area contributed by atoms with Gasteiger partial charge in [0.15, 0.2) is 0 Å². The van der Waals surface area contributed by atoms with E-state index < -0.39 is 11.8 Å². The van der Waals surface area contributed by atoms with Gasteiger partial charge in [-0.3, -0.25) is 9.59 Å². The van der Waals surface area contributed by atoms with Gasteiger partial charge in [0.2, 0.25) is 5.88 Å². The van der Waals surface area contributed by atoms with E-state index in [1.54, 1.807) is 16.8 Å². The predicted molar refractivity (Wildman–Crippen MR) is 133 cm³/mol. The van der Waals surface area contributed by atoms with E-state index in [0.717, 1.165) is 22.5 Å². The Labute approximate surface area is 203 Å². The molecule has 3 aromatic carbocycles. The van der Waals surface area contributed by atoms with Crippen molar-refractivity contribution in [2.75, 3.05) is 5.32 Å². The number of halogens is 1. The number of aromatic nitrogens is 2. The molecule has 0 aliphatic carbocycles. The average molecular weight is 472 g/mol. The summed E-state index contributed by atoms with van der Waals surface area (Å²) < 4.78 is 20.5. The summed E-state index contributed by atoms with van der Waals surface area (Å²) in [6.07, 6.45) is 0.687. The molecule has 35 heavy (non-hydrogen) atoms. The number of para-hydroxylation sites is 1. The molecule has 0 spiro atoms. The minimum atomic E-state index is -0.442. The smallest absolute Gasteiger partial charge is 0.309 e. The number of ether oxygens (including phenoxy) is 1. The maximum absolute atomic E-state index is 13.1. The van der Waals surface area contributed by atoms with Crippen molar-refractivity contribution in [2.24, 2.45) is 5.92 Å². The Hall–Kier alpha value is -4.26. The highest BCUT2D eigenvalue weighted by molar-refractivity contribution is 6.04. The predicted octanol–water partition coefficient (Wildman–Crippen LogP) is 6.05. The van der Waals surface area contributed by atoms with Crippen LogP contribution in [0, 0.1) is 11.7 Å². The molecule has 1 aromatic heterocycles. The average Bonchev–Trinajstić information content (AvgIpc) is 3.16. The first-order valence-corrected chi connectivity index (χ1v) is 11.3. The number of nitrogens with zero attached hydrogens (tertiary/aromatic N) is 2. The summed E-state index contributed by atoms with van der Waals surface area (Å²) in [7, 11) is 0. The molecule has 1 N–H and O–H groups in total. The van der Waals surface area contributed by atoms with Gasteiger partial charge in [0.05, 0.1) is 16.9 Å². The van der Waals surface area contributed by atoms with Crippen LogP contribution in [0.25, 0.3) is 16.8 Å². The first kappa shape index (κ1) is 23.9. The Morgan fingerprint density at radius 1 is 0.971 bits per heavy atom. The minimum Gasteiger partial charge on any atom is -0.407 e. The van der Waals surface area contributed by atoms with Gasteiger partial charge in [-0.25, -0.2) is 4.39 Å². The van der Waals surface area contributed by atoms with Crippen LogP contribution in [0.15, 0.2) is 78.9 Å². The van der Waals surface area contributed by atoms with Crippen LogP contribution in [0.3, 0.4) is 0 Å². The number of hydrogen-bond donors (Lipinski definition) is 1. The lowest BCUT2D eigenvalue weighted by Crippen LogP contribution is -2.11. The van der Waals surface area contributed by atoms with Gasteiger partial charge in [-0.1, -0.05) is 44.2 Å². The summed E-state index contributed by atoms with van der Waals surface area (Å²) in [4.78, 5) is 24.5. The molecule has 0 unspecified atom stereocenters. The van der Waals surface area contributed by atoms with Crippen molar-refractivity contribution in [1.29, 1.82) is 0 Å². The van der Waals surface area contributed by atoms with E-state index in [0.29, 0.717) is 29.5 Å². The van der Waals surface area contributed by atoms with Crippen LogP contribution in [-0.2, 0) is 11.2 Å². The van der Waals surface area contributed by atoms with Crippen LogP contribution in [0.4, 0.5) is 10.1 Å². The van der Waals surface area contributed by atoms with Crippen LogP contribution in [-0.4, -0.2) is 21.7 Å². The molecule has 1 heterocycles. The lowest BCUT2D eigenvalue weighted by molar-refractivity contribution is -0.132. The second-order valence-electron chi connectivity index (χ2n) is 8.60. The zero-order valence-corrected chi connectivity index (χ0v) is 19.8. The van der Waals surface area contributed by atoms with E-state index in [4.69, 9.17) is 9.84 Å². The first-order valence-electron chi connectivity index (χ1n) is 11.3. The quantitative estimate of drug-likeness (QED) is 0.333. The van der Waals surface area contributed by atoms with E-state index in [-0.39, 0.29) is 5.91 Å². The number of carbonyl (C=O) groups is 2. The molecule has 0 aliphatic heterocycles. The third kappa shape index (κ3) is 5.63. The normalized spacial score (nSPS) is 10.9. The zero-order valence-electron chi connectivity index (χ0n) is 19.8. The molecule has 0 bridgehead atoms. The Kier molecular flexibility index (Phi) is 7.06. The molecular weight excluding hydrogens is 445 g/mol. The standard InChI is InChI=1S/C28H26FN3O3/c1-18(2)17-25-26(28(35-19(3)33)32(31-25)24-7-5-4-6-8-24)20-11-15-23(16-12-20)30-27(34)21-9-13-22(29)14-10-21/h4-16,18H,17H2,1-3H3,(H,30,34). The van der Waals surface area contributed by atoms with Gasteiger partial charge in [-0.05, 0) is 66.4 Å². The van der Waals surface area contributed by atoms with E-state index in [2.05, 4.69) is 19.2 Å². The molecule has 178 valence electrons. The van der Waals surface area contributed by atoms with Crippen molar-refractivity contribution in [3.63, 3.8) is 0 Å². The molecule has 4 aromatic rings. The lowest BCUT2D eigenvalue weighted by Gasteiger charge is -2.11. The van der Waals surface area contributed by atoms with Crippen LogP contribution in [0.1, 0.15) is 36.8 Å². The van der Waals surface area contributed by atoms with Crippen molar-refractivity contribution in [1.82, 2.24) is 9.78 Å². The fraction of sp³-hybridized carbons (Fsp3) is 0.179. The summed E-state index contributed by atoms with van der Waals surface area (Å²) >= 11 is 0. The SMILES string of the molecule is CC(=O)Oc1c(-c2ccc(NC(=O)c3ccc(F)cc3)cc2)c(CC(C)C)nn1-c1ccccc1. The van der Waals surface area contributed by atoms with E-state index in [1.165, 1.54) is 31.2 Å². The minimum absolute atomic E-state index is 0.326. The highest BCUT2D eigenvalue weighted by Gasteiger charge is 2.24. The zero-order chi connectivity index (χ0) is 24.9. The number of rotatable bonds is 7. The van der Waals surface area contributed by atoms with Gasteiger partial charge in [0, 0.05) is 18.2 Å². The monoisotopic (exact) mass is 471 g/mol. The molecule has 7 heteroatoms. The Morgan fingerprint density at radius 3 is 2.23 bits per heavy atom. The third-order valence-corrected chi connectivity index (χ3v) is 5.30. The van der Waals surface area contributed by atoms with Crippen molar-refractivity contribution in [3.8, 4) is 22.7 Å². The summed E-state index contributed by atoms with van der Waals surface area (Å²) in [5.41, 5.74) is 4.06. The number of carbonyl (C=O) groups excluding carboxylic acids is 2. The molecule has 4 rings (SSSR count). The number of benzene rings is 3. The molecular formula is C28H26FN3O3. The van der Waals surface area contributed by atoms with Gasteiger partial charge in [-0.15, -0.1) is 0 Å². The molecule has 0 atom stereocenters. The summed E-state index contributed by atoms with van der Waals surface area (Å²) in [6.45, 7) is 5.57. The summed E-state index contributed by atoms with van der Waals surface area (Å²) in [5.74, 6) is -0.504. The first-order chi connectivity index (χ1) is 16.8. The number of anilines is 1. The number of nitrogens with one attached hydrogen (secondary N) is 1. The Balaban J connectivity index is 1.72. The van der Waals surface area contributed by atoms with Gasteiger partial charge in [-0.2, -0.15) is 9.78 Å². The Morgan fingerprint density at radius 2 is 1.63 bits per heavy atom. The molecule has 6 nitrogen and oxygen atoms in total. The summed E-state index contributed by atoms with van der Waals surface area (Å²) in [6, 6.07) is 22.1. The highest BCUT2D eigenvalue weighted by Crippen LogP contribution is 2.37. The number of amides is 1. The second-order valence-corrected chi connectivity index (χ2v) is 8.60. The fourth-order valence-corrected chi connectivity index (χ4v) is 3.76. The van der Waals surface area contributed by atoms with Crippen LogP contribution >= 0.6 is 0 Å². The van der Waals surface area contributed by atoms with Crippen molar-refractivity contribution in [3.05, 3.63) is 95.9 Å². The largest absolute Gasteiger partial charge is 0.407 e. The van der Waals surface area contributed by atoms with Crippen molar-refractivity contribution < 1.29 is 18.7 Å². The highest BCUT2D eigenvalue weighted by atomic mass is 19.1.